The fraction of sp³-hybridized carbons (Fsp3) is 0.440. The van der Waals surface area contributed by atoms with Crippen molar-refractivity contribution < 1.29 is 33.4 Å². The maximum atomic E-state index is 14.7. The first-order chi connectivity index (χ1) is 32.8. The number of nitrogens with zero attached hydrogens (tertiary/aromatic N) is 4. The summed E-state index contributed by atoms with van der Waals surface area (Å²) in [6.07, 6.45) is 8.44. The maximum absolute atomic E-state index is 14.7. The van der Waals surface area contributed by atoms with E-state index < -0.39 is 53.7 Å². The SMILES string of the molecule is CCCCCCCc1ccc(-c2ncc(C(=O)N[C@@H](CCN)C(=O)N(C)[C@@H]3C(=O)N[C@@H](C)C(=O)N[C@H](C(=O)NCC#N)Cc4ccc(OCCN)c(c4)-c4cc3ccc4OCCN)c(C)n2)cc1. The van der Waals surface area contributed by atoms with Gasteiger partial charge in [-0.1, -0.05) is 69.0 Å². The highest BCUT2D eigenvalue weighted by molar-refractivity contribution is 6.00. The minimum atomic E-state index is -1.40. The highest BCUT2D eigenvalue weighted by Gasteiger charge is 2.36. The van der Waals surface area contributed by atoms with E-state index >= 15 is 0 Å². The van der Waals surface area contributed by atoms with Crippen LogP contribution in [0.1, 0.15) is 91.2 Å². The molecular formula is C50H65N11O7. The van der Waals surface area contributed by atoms with Crippen LogP contribution in [-0.2, 0) is 32.0 Å². The smallest absolute Gasteiger partial charge is 0.255 e. The van der Waals surface area contributed by atoms with Crippen LogP contribution < -0.4 is 47.9 Å². The van der Waals surface area contributed by atoms with Crippen molar-refractivity contribution in [3.05, 3.63) is 94.8 Å². The minimum Gasteiger partial charge on any atom is -0.492 e. The second kappa shape index (κ2) is 25.8. The zero-order valence-corrected chi connectivity index (χ0v) is 39.4. The van der Waals surface area contributed by atoms with Crippen LogP contribution in [0.15, 0.2) is 66.9 Å². The van der Waals surface area contributed by atoms with Gasteiger partial charge in [-0.05, 0) is 80.6 Å². The Morgan fingerprint density at radius 1 is 0.897 bits per heavy atom. The summed E-state index contributed by atoms with van der Waals surface area (Å²) in [4.78, 5) is 80.6. The molecule has 0 aliphatic carbocycles. The summed E-state index contributed by atoms with van der Waals surface area (Å²) in [6, 6.07) is 15.1. The highest BCUT2D eigenvalue weighted by atomic mass is 16.5. The Bertz CT molecular complexity index is 2420. The molecular weight excluding hydrogens is 867 g/mol. The lowest BCUT2D eigenvalue weighted by Crippen LogP contribution is -2.56. The lowest BCUT2D eigenvalue weighted by Gasteiger charge is -2.32. The first-order valence-corrected chi connectivity index (χ1v) is 23.2. The van der Waals surface area contributed by atoms with Gasteiger partial charge in [-0.2, -0.15) is 5.26 Å². The van der Waals surface area contributed by atoms with E-state index in [9.17, 15) is 29.2 Å². The number of nitrogens with two attached hydrogens (primary N) is 3. The van der Waals surface area contributed by atoms with Crippen molar-refractivity contribution in [3.63, 3.8) is 0 Å². The first kappa shape index (κ1) is 52.0. The number of nitriles is 1. The van der Waals surface area contributed by atoms with Gasteiger partial charge in [-0.15, -0.1) is 0 Å². The molecule has 1 aromatic heterocycles. The predicted molar refractivity (Wildman–Crippen MR) is 258 cm³/mol. The molecule has 0 unspecified atom stereocenters. The van der Waals surface area contributed by atoms with Crippen LogP contribution in [0.3, 0.4) is 0 Å². The molecule has 4 aromatic rings. The van der Waals surface area contributed by atoms with E-state index in [2.05, 4.69) is 50.3 Å². The molecule has 1 aliphatic rings. The molecule has 0 spiro atoms. The number of likely N-dealkylation sites (N-methyl/N-ethyl adjacent to an activating group) is 1. The molecule has 3 aromatic carbocycles. The molecule has 0 saturated heterocycles. The third-order valence-corrected chi connectivity index (χ3v) is 11.6. The van der Waals surface area contributed by atoms with E-state index in [4.69, 9.17) is 26.7 Å². The van der Waals surface area contributed by atoms with Gasteiger partial charge in [0.1, 0.15) is 55.4 Å². The zero-order valence-electron chi connectivity index (χ0n) is 39.4. The van der Waals surface area contributed by atoms with Crippen molar-refractivity contribution >= 4 is 29.5 Å². The maximum Gasteiger partial charge on any atom is 0.255 e. The standard InChI is InChI=1S/C50H65N11O7/c1-5-6-7-8-9-10-33-11-14-35(15-12-33)45-56-30-39(31(2)57-45)47(63)59-40(19-20-51)50(66)61(4)44-36-16-18-43(68-26-23-54)38(29-36)37-27-34(13-17-42(37)67-25-22-53)28-41(48(64)55-24-21-52)60-46(62)32(3)58-49(44)65/h11-18,27,29-30,32,40-41,44H,5-10,19-20,22-26,28,51,53-54H2,1-4H3,(H,55,64)(H,58,65)(H,59,63)(H,60,62)/t32-,40-,41-,44-/m0/s1. The zero-order chi connectivity index (χ0) is 49.2. The van der Waals surface area contributed by atoms with E-state index in [1.165, 1.54) is 56.3 Å². The molecule has 18 nitrogen and oxygen atoms in total. The van der Waals surface area contributed by atoms with Crippen LogP contribution in [0.5, 0.6) is 11.5 Å². The van der Waals surface area contributed by atoms with Crippen LogP contribution in [-0.4, -0.2) is 109 Å². The number of hydrogen-bond donors (Lipinski definition) is 7. The molecule has 68 heavy (non-hydrogen) atoms. The Balaban J connectivity index is 1.49. The Labute approximate surface area is 398 Å². The molecule has 4 bridgehead atoms. The number of benzene rings is 3. The topological polar surface area (TPSA) is 283 Å². The summed E-state index contributed by atoms with van der Waals surface area (Å²) >= 11 is 0. The number of unbranched alkanes of at least 4 members (excludes halogenated alkanes) is 4. The van der Waals surface area contributed by atoms with Crippen molar-refractivity contribution in [1.29, 1.82) is 5.26 Å². The summed E-state index contributed by atoms with van der Waals surface area (Å²) in [6.45, 7) is 5.71. The number of carbonyl (C=O) groups is 5. The number of carbonyl (C=O) groups excluding carboxylic acids is 5. The second-order valence-electron chi connectivity index (χ2n) is 16.7. The monoisotopic (exact) mass is 932 g/mol. The number of ether oxygens (including phenoxy) is 2. The van der Waals surface area contributed by atoms with E-state index in [1.807, 2.05) is 18.2 Å². The fourth-order valence-electron chi connectivity index (χ4n) is 7.95. The third kappa shape index (κ3) is 13.8. The summed E-state index contributed by atoms with van der Waals surface area (Å²) in [5, 5.41) is 19.9. The third-order valence-electron chi connectivity index (χ3n) is 11.6. The van der Waals surface area contributed by atoms with E-state index in [0.29, 0.717) is 45.3 Å². The van der Waals surface area contributed by atoms with Gasteiger partial charge < -0.3 is 52.8 Å². The molecule has 18 heteroatoms. The van der Waals surface area contributed by atoms with Gasteiger partial charge in [0.2, 0.25) is 23.6 Å². The number of rotatable bonds is 21. The lowest BCUT2D eigenvalue weighted by molar-refractivity contribution is -0.141. The average Bonchev–Trinajstić information content (AvgIpc) is 3.33. The van der Waals surface area contributed by atoms with E-state index in [0.717, 1.165) is 18.4 Å². The highest BCUT2D eigenvalue weighted by Crippen LogP contribution is 2.40. The van der Waals surface area contributed by atoms with Crippen molar-refractivity contribution in [1.82, 2.24) is 36.1 Å². The van der Waals surface area contributed by atoms with Gasteiger partial charge in [0.05, 0.1) is 17.3 Å². The molecule has 10 N–H and O–H groups in total. The van der Waals surface area contributed by atoms with E-state index in [-0.39, 0.29) is 57.8 Å². The molecule has 5 rings (SSSR count). The van der Waals surface area contributed by atoms with Crippen molar-refractivity contribution in [2.45, 2.75) is 96.3 Å². The number of nitrogens with one attached hydrogen (secondary N) is 4. The molecule has 5 amide bonds. The Morgan fingerprint density at radius 3 is 2.22 bits per heavy atom. The summed E-state index contributed by atoms with van der Waals surface area (Å²) in [5.41, 5.74) is 22.2. The van der Waals surface area contributed by atoms with Crippen LogP contribution in [0.4, 0.5) is 0 Å². The normalized spacial score (nSPS) is 16.2. The van der Waals surface area contributed by atoms with Crippen LogP contribution in [0.2, 0.25) is 0 Å². The second-order valence-corrected chi connectivity index (χ2v) is 16.7. The van der Waals surface area contributed by atoms with Crippen LogP contribution >= 0.6 is 0 Å². The average molecular weight is 932 g/mol. The molecule has 1 aliphatic heterocycles. The molecule has 0 saturated carbocycles. The molecule has 0 fully saturated rings. The van der Waals surface area contributed by atoms with Gasteiger partial charge in [-0.3, -0.25) is 24.0 Å². The van der Waals surface area contributed by atoms with Crippen molar-refractivity contribution in [3.8, 4) is 40.1 Å². The van der Waals surface area contributed by atoms with Gasteiger partial charge in [-0.25, -0.2) is 9.97 Å². The number of aromatic nitrogens is 2. The van der Waals surface area contributed by atoms with E-state index in [1.54, 1.807) is 43.3 Å². The molecule has 0 radical (unpaired) electrons. The van der Waals surface area contributed by atoms with Crippen molar-refractivity contribution in [2.75, 3.05) is 46.4 Å². The Hall–Kier alpha value is -6.94. The van der Waals surface area contributed by atoms with Crippen LogP contribution in [0.25, 0.3) is 22.5 Å². The summed E-state index contributed by atoms with van der Waals surface area (Å²) in [7, 11) is 1.42. The Kier molecular flexibility index (Phi) is 19.8. The van der Waals surface area contributed by atoms with Crippen LogP contribution in [0, 0.1) is 18.3 Å². The first-order valence-electron chi connectivity index (χ1n) is 23.2. The Morgan fingerprint density at radius 2 is 1.57 bits per heavy atom. The molecule has 362 valence electrons. The molecule has 4 atom stereocenters. The lowest BCUT2D eigenvalue weighted by atomic mass is 9.93. The summed E-state index contributed by atoms with van der Waals surface area (Å²) in [5.74, 6) is -2.12. The summed E-state index contributed by atoms with van der Waals surface area (Å²) < 4.78 is 12.2. The van der Waals surface area contributed by atoms with Gasteiger partial charge in [0, 0.05) is 49.4 Å². The number of hydrogen-bond acceptors (Lipinski definition) is 13. The number of amides is 5. The predicted octanol–water partition coefficient (Wildman–Crippen LogP) is 3.14. The number of fused-ring (bicyclic) bond motifs is 5. The largest absolute Gasteiger partial charge is 0.492 e. The van der Waals surface area contributed by atoms with Crippen molar-refractivity contribution in [2.24, 2.45) is 17.2 Å². The number of aryl methyl sites for hydroxylation is 2. The van der Waals surface area contributed by atoms with Gasteiger partial charge in [0.15, 0.2) is 5.82 Å². The fourth-order valence-corrected chi connectivity index (χ4v) is 7.95. The van der Waals surface area contributed by atoms with Gasteiger partial charge in [0.25, 0.3) is 5.91 Å². The molecule has 2 heterocycles. The minimum absolute atomic E-state index is 0.00355. The van der Waals surface area contributed by atoms with Gasteiger partial charge >= 0.3 is 0 Å². The quantitative estimate of drug-likeness (QED) is 0.0468.